The van der Waals surface area contributed by atoms with E-state index in [1.807, 2.05) is 13.0 Å². The summed E-state index contributed by atoms with van der Waals surface area (Å²) in [5.41, 5.74) is 1.24. The topological polar surface area (TPSA) is 9.23 Å². The van der Waals surface area contributed by atoms with Crippen molar-refractivity contribution in [1.82, 2.24) is 0 Å². The molecule has 0 aliphatic rings. The normalized spacial score (nSPS) is 12.3. The molecule has 1 heteroatoms. The van der Waals surface area contributed by atoms with Gasteiger partial charge in [0.1, 0.15) is 0 Å². The molecule has 0 unspecified atom stereocenters. The molecule has 0 N–H and O–H groups in total. The average molecular weight is 166 g/mol. The summed E-state index contributed by atoms with van der Waals surface area (Å²) < 4.78 is 5.31. The number of allylic oxidation sites excluding steroid dienone is 2. The minimum atomic E-state index is 0.624. The molecule has 0 aliphatic heterocycles. The summed E-state index contributed by atoms with van der Waals surface area (Å²) in [5.74, 6) is 0. The zero-order valence-electron chi connectivity index (χ0n) is 8.05. The van der Waals surface area contributed by atoms with Crippen molar-refractivity contribution in [3.05, 3.63) is 36.5 Å². The molecule has 0 amide bonds. The van der Waals surface area contributed by atoms with Crippen LogP contribution < -0.4 is 0 Å². The number of ether oxygens (including phenoxy) is 1. The predicted octanol–water partition coefficient (Wildman–Crippen LogP) is 3.10. The van der Waals surface area contributed by atoms with Gasteiger partial charge in [0.15, 0.2) is 0 Å². The molecule has 0 aromatic heterocycles. The van der Waals surface area contributed by atoms with Crippen molar-refractivity contribution in [1.29, 1.82) is 0 Å². The summed E-state index contributed by atoms with van der Waals surface area (Å²) in [7, 11) is 0. The molecule has 0 saturated carbocycles. The Hall–Kier alpha value is -0.820. The van der Waals surface area contributed by atoms with Crippen LogP contribution >= 0.6 is 0 Å². The highest BCUT2D eigenvalue weighted by Crippen LogP contribution is 1.99. The minimum absolute atomic E-state index is 0.624. The van der Waals surface area contributed by atoms with Crippen molar-refractivity contribution >= 4 is 0 Å². The van der Waals surface area contributed by atoms with E-state index in [0.717, 1.165) is 6.42 Å². The number of hydrogen-bond acceptors (Lipinski definition) is 1. The molecular weight excluding hydrogens is 148 g/mol. The zero-order chi connectivity index (χ0) is 9.23. The molecule has 0 fully saturated rings. The molecule has 0 heterocycles. The van der Waals surface area contributed by atoms with Gasteiger partial charge in [0.25, 0.3) is 0 Å². The standard InChI is InChI=1S/C11H18O/c1-4-7-11(8-5-2)10-12-9-6-3/h4,6-8H,3,5,9-10H2,1-2H3/b7-4-,11-8+. The fourth-order valence-electron chi connectivity index (χ4n) is 0.911. The fraction of sp³-hybridized carbons (Fsp3) is 0.455. The Bertz CT molecular complexity index is 166. The first-order valence-electron chi connectivity index (χ1n) is 4.35. The van der Waals surface area contributed by atoms with Crippen molar-refractivity contribution in [2.45, 2.75) is 20.3 Å². The Balaban J connectivity index is 3.79. The Labute approximate surface area is 75.4 Å². The van der Waals surface area contributed by atoms with Gasteiger partial charge < -0.3 is 4.74 Å². The number of hydrogen-bond donors (Lipinski definition) is 0. The van der Waals surface area contributed by atoms with E-state index in [0.29, 0.717) is 13.2 Å². The Morgan fingerprint density at radius 3 is 2.75 bits per heavy atom. The van der Waals surface area contributed by atoms with Crippen molar-refractivity contribution in [2.24, 2.45) is 0 Å². The third-order valence-electron chi connectivity index (χ3n) is 1.35. The first-order valence-corrected chi connectivity index (χ1v) is 4.35. The van der Waals surface area contributed by atoms with E-state index >= 15 is 0 Å². The smallest absolute Gasteiger partial charge is 0.0717 e. The molecular formula is C11H18O. The summed E-state index contributed by atoms with van der Waals surface area (Å²) >= 11 is 0. The van der Waals surface area contributed by atoms with Crippen LogP contribution in [0.1, 0.15) is 20.3 Å². The van der Waals surface area contributed by atoms with Gasteiger partial charge in [0.05, 0.1) is 13.2 Å². The highest BCUT2D eigenvalue weighted by atomic mass is 16.5. The first kappa shape index (κ1) is 11.2. The molecule has 0 radical (unpaired) electrons. The second-order valence-corrected chi connectivity index (χ2v) is 2.49. The van der Waals surface area contributed by atoms with E-state index in [2.05, 4.69) is 25.7 Å². The molecule has 0 atom stereocenters. The van der Waals surface area contributed by atoms with E-state index < -0.39 is 0 Å². The lowest BCUT2D eigenvalue weighted by Crippen LogP contribution is -1.96. The molecule has 68 valence electrons. The van der Waals surface area contributed by atoms with E-state index in [1.54, 1.807) is 6.08 Å². The molecule has 1 nitrogen and oxygen atoms in total. The Kier molecular flexibility index (Phi) is 7.71. The molecule has 0 bridgehead atoms. The van der Waals surface area contributed by atoms with Crippen LogP contribution in [-0.4, -0.2) is 13.2 Å². The van der Waals surface area contributed by atoms with Crippen LogP contribution in [0.15, 0.2) is 36.5 Å². The fourth-order valence-corrected chi connectivity index (χ4v) is 0.911. The van der Waals surface area contributed by atoms with Crippen LogP contribution in [0.5, 0.6) is 0 Å². The van der Waals surface area contributed by atoms with Gasteiger partial charge in [-0.2, -0.15) is 0 Å². The van der Waals surface area contributed by atoms with Crippen LogP contribution in [-0.2, 0) is 4.74 Å². The molecule has 0 aromatic carbocycles. The monoisotopic (exact) mass is 166 g/mol. The summed E-state index contributed by atoms with van der Waals surface area (Å²) in [6.07, 6.45) is 9.09. The lowest BCUT2D eigenvalue weighted by Gasteiger charge is -2.01. The summed E-state index contributed by atoms with van der Waals surface area (Å²) in [6, 6.07) is 0. The maximum Gasteiger partial charge on any atom is 0.0717 e. The predicted molar refractivity (Wildman–Crippen MR) is 54.2 cm³/mol. The maximum atomic E-state index is 5.31. The second-order valence-electron chi connectivity index (χ2n) is 2.49. The zero-order valence-corrected chi connectivity index (χ0v) is 8.05. The van der Waals surface area contributed by atoms with Crippen LogP contribution in [0.3, 0.4) is 0 Å². The van der Waals surface area contributed by atoms with Crippen molar-refractivity contribution < 1.29 is 4.74 Å². The molecule has 12 heavy (non-hydrogen) atoms. The molecule has 0 rings (SSSR count). The molecule has 0 spiro atoms. The maximum absolute atomic E-state index is 5.31. The first-order chi connectivity index (χ1) is 5.85. The van der Waals surface area contributed by atoms with E-state index in [9.17, 15) is 0 Å². The minimum Gasteiger partial charge on any atom is -0.373 e. The molecule has 0 aliphatic carbocycles. The van der Waals surface area contributed by atoms with Gasteiger partial charge in [-0.3, -0.25) is 0 Å². The van der Waals surface area contributed by atoms with E-state index in [-0.39, 0.29) is 0 Å². The Morgan fingerprint density at radius 1 is 1.50 bits per heavy atom. The third kappa shape index (κ3) is 5.93. The van der Waals surface area contributed by atoms with Gasteiger partial charge in [-0.15, -0.1) is 6.58 Å². The summed E-state index contributed by atoms with van der Waals surface area (Å²) in [6.45, 7) is 9.03. The highest BCUT2D eigenvalue weighted by molar-refractivity contribution is 5.18. The second kappa shape index (κ2) is 8.28. The van der Waals surface area contributed by atoms with Crippen molar-refractivity contribution in [2.75, 3.05) is 13.2 Å². The van der Waals surface area contributed by atoms with Crippen LogP contribution in [0.2, 0.25) is 0 Å². The molecule has 0 saturated heterocycles. The molecule has 0 aromatic rings. The average Bonchev–Trinajstić information content (AvgIpc) is 2.06. The lowest BCUT2D eigenvalue weighted by molar-refractivity contribution is 0.189. The third-order valence-corrected chi connectivity index (χ3v) is 1.35. The lowest BCUT2D eigenvalue weighted by atomic mass is 10.2. The largest absolute Gasteiger partial charge is 0.373 e. The van der Waals surface area contributed by atoms with Crippen LogP contribution in [0, 0.1) is 0 Å². The van der Waals surface area contributed by atoms with Crippen molar-refractivity contribution in [3.8, 4) is 0 Å². The SMILES string of the molecule is C=CCOCC(/C=C\C)=C/CC. The quantitative estimate of drug-likeness (QED) is 0.335. The van der Waals surface area contributed by atoms with Gasteiger partial charge >= 0.3 is 0 Å². The van der Waals surface area contributed by atoms with Crippen LogP contribution in [0.25, 0.3) is 0 Å². The summed E-state index contributed by atoms with van der Waals surface area (Å²) in [5, 5.41) is 0. The van der Waals surface area contributed by atoms with Gasteiger partial charge in [-0.05, 0) is 18.9 Å². The van der Waals surface area contributed by atoms with Gasteiger partial charge in [-0.1, -0.05) is 31.2 Å². The number of rotatable bonds is 6. The Morgan fingerprint density at radius 2 is 2.25 bits per heavy atom. The highest BCUT2D eigenvalue weighted by Gasteiger charge is 1.89. The van der Waals surface area contributed by atoms with Gasteiger partial charge in [-0.25, -0.2) is 0 Å². The van der Waals surface area contributed by atoms with E-state index in [1.165, 1.54) is 5.57 Å². The summed E-state index contributed by atoms with van der Waals surface area (Å²) in [4.78, 5) is 0. The van der Waals surface area contributed by atoms with E-state index in [4.69, 9.17) is 4.74 Å². The van der Waals surface area contributed by atoms with Crippen LogP contribution in [0.4, 0.5) is 0 Å². The van der Waals surface area contributed by atoms with Gasteiger partial charge in [0.2, 0.25) is 0 Å². The van der Waals surface area contributed by atoms with Gasteiger partial charge in [0, 0.05) is 0 Å². The van der Waals surface area contributed by atoms with Crippen molar-refractivity contribution in [3.63, 3.8) is 0 Å².